The van der Waals surface area contributed by atoms with Crippen molar-refractivity contribution in [2.75, 3.05) is 6.54 Å². The van der Waals surface area contributed by atoms with E-state index in [-0.39, 0.29) is 0 Å². The number of hydrogen-bond donors (Lipinski definition) is 1. The van der Waals surface area contributed by atoms with Crippen LogP contribution < -0.4 is 5.32 Å². The Kier molecular flexibility index (Phi) is 2.96. The smallest absolute Gasteiger partial charge is 0.166 e. The van der Waals surface area contributed by atoms with Gasteiger partial charge in [0.2, 0.25) is 0 Å². The van der Waals surface area contributed by atoms with Gasteiger partial charge < -0.3 is 0 Å². The van der Waals surface area contributed by atoms with E-state index in [2.05, 4.69) is 5.32 Å². The number of rotatable bonds is 2. The van der Waals surface area contributed by atoms with Gasteiger partial charge in [-0.15, -0.1) is 0 Å². The van der Waals surface area contributed by atoms with E-state index in [1.807, 2.05) is 6.92 Å². The Hall–Kier alpha value is 0.540. The Morgan fingerprint density at radius 2 is 2.00 bits per heavy atom. The van der Waals surface area contributed by atoms with Crippen molar-refractivity contribution < 1.29 is 0 Å². The average molecular weight is 142 g/mol. The highest BCUT2D eigenvalue weighted by Crippen LogP contribution is 2.13. The maximum Gasteiger partial charge on any atom is 0.166 e. The molecule has 0 rings (SSSR count). The maximum absolute atomic E-state index is 5.49. The van der Waals surface area contributed by atoms with E-state index in [0.717, 1.165) is 6.54 Å². The van der Waals surface area contributed by atoms with Crippen LogP contribution in [0.15, 0.2) is 0 Å². The fourth-order valence-corrected chi connectivity index (χ4v) is 0.578. The van der Waals surface area contributed by atoms with E-state index in [9.17, 15) is 0 Å². The lowest BCUT2D eigenvalue weighted by Crippen LogP contribution is -2.29. The number of hydrogen-bond acceptors (Lipinski definition) is 1. The average Bonchev–Trinajstić information content (AvgIpc) is 1.30. The van der Waals surface area contributed by atoms with Crippen molar-refractivity contribution in [2.45, 2.75) is 18.3 Å². The molecule has 0 aliphatic carbocycles. The molecule has 1 N–H and O–H groups in total. The van der Waals surface area contributed by atoms with Crippen LogP contribution in [0.4, 0.5) is 0 Å². The summed E-state index contributed by atoms with van der Waals surface area (Å²) in [6.07, 6.45) is 0. The summed E-state index contributed by atoms with van der Waals surface area (Å²) in [6.45, 7) is 4.44. The van der Waals surface area contributed by atoms with Crippen LogP contribution in [0.5, 0.6) is 0 Å². The van der Waals surface area contributed by atoms with E-state index in [0.29, 0.717) is 0 Å². The van der Waals surface area contributed by atoms with Gasteiger partial charge in [-0.25, -0.2) is 0 Å². The lowest BCUT2D eigenvalue weighted by molar-refractivity contribution is 0.658. The molecule has 0 aromatic carbocycles. The summed E-state index contributed by atoms with van der Waals surface area (Å²) >= 11 is 11.0. The van der Waals surface area contributed by atoms with Gasteiger partial charge in [0.25, 0.3) is 0 Å². The highest BCUT2D eigenvalue weighted by Gasteiger charge is 2.11. The standard InChI is InChI=1S/C4H9Cl2N/c1-3-7-4(2,5)6/h7H,3H2,1-2H3. The van der Waals surface area contributed by atoms with E-state index in [1.165, 1.54) is 0 Å². The summed E-state index contributed by atoms with van der Waals surface area (Å²) < 4.78 is -0.755. The van der Waals surface area contributed by atoms with E-state index in [1.54, 1.807) is 6.92 Å². The summed E-state index contributed by atoms with van der Waals surface area (Å²) in [7, 11) is 0. The first-order valence-corrected chi connectivity index (χ1v) is 2.94. The summed E-state index contributed by atoms with van der Waals surface area (Å²) in [5.74, 6) is 0. The Bertz CT molecular complexity index is 48.1. The van der Waals surface area contributed by atoms with E-state index >= 15 is 0 Å². The van der Waals surface area contributed by atoms with Crippen LogP contribution >= 0.6 is 23.2 Å². The molecule has 0 aromatic rings. The third-order valence-corrected chi connectivity index (χ3v) is 0.754. The minimum atomic E-state index is -0.755. The minimum absolute atomic E-state index is 0.755. The highest BCUT2D eigenvalue weighted by atomic mass is 35.5. The van der Waals surface area contributed by atoms with Crippen molar-refractivity contribution in [1.29, 1.82) is 0 Å². The SMILES string of the molecule is CCNC(C)(Cl)Cl. The minimum Gasteiger partial charge on any atom is -0.287 e. The number of halogens is 2. The first-order valence-electron chi connectivity index (χ1n) is 2.19. The second-order valence-corrected chi connectivity index (χ2v) is 3.12. The van der Waals surface area contributed by atoms with Crippen molar-refractivity contribution in [3.05, 3.63) is 0 Å². The van der Waals surface area contributed by atoms with Crippen molar-refractivity contribution in [1.82, 2.24) is 5.32 Å². The Balaban J connectivity index is 3.15. The molecule has 0 heterocycles. The monoisotopic (exact) mass is 141 g/mol. The quantitative estimate of drug-likeness (QED) is 0.457. The van der Waals surface area contributed by atoms with Gasteiger partial charge in [0.15, 0.2) is 4.46 Å². The van der Waals surface area contributed by atoms with Gasteiger partial charge >= 0.3 is 0 Å². The number of nitrogens with one attached hydrogen (secondary N) is 1. The fraction of sp³-hybridized carbons (Fsp3) is 1.00. The Labute approximate surface area is 54.0 Å². The maximum atomic E-state index is 5.49. The van der Waals surface area contributed by atoms with Crippen LogP contribution in [-0.2, 0) is 0 Å². The van der Waals surface area contributed by atoms with Gasteiger partial charge in [-0.3, -0.25) is 5.32 Å². The molecule has 0 aliphatic rings. The molecule has 0 unspecified atom stereocenters. The van der Waals surface area contributed by atoms with Gasteiger partial charge in [-0.1, -0.05) is 30.1 Å². The summed E-state index contributed by atoms with van der Waals surface area (Å²) in [4.78, 5) is 0. The second-order valence-electron chi connectivity index (χ2n) is 1.42. The molecule has 0 radical (unpaired) electrons. The molecular formula is C4H9Cl2N. The van der Waals surface area contributed by atoms with Crippen LogP contribution in [-0.4, -0.2) is 11.0 Å². The van der Waals surface area contributed by atoms with Crippen molar-refractivity contribution >= 4 is 23.2 Å². The van der Waals surface area contributed by atoms with Gasteiger partial charge in [-0.05, 0) is 13.5 Å². The predicted octanol–water partition coefficient (Wildman–Crippen LogP) is 1.75. The first-order chi connectivity index (χ1) is 3.06. The molecule has 3 heteroatoms. The van der Waals surface area contributed by atoms with Crippen LogP contribution in [0.3, 0.4) is 0 Å². The molecule has 1 nitrogen and oxygen atoms in total. The topological polar surface area (TPSA) is 12.0 Å². The summed E-state index contributed by atoms with van der Waals surface area (Å²) in [5.41, 5.74) is 0. The highest BCUT2D eigenvalue weighted by molar-refractivity contribution is 6.47. The lowest BCUT2D eigenvalue weighted by Gasteiger charge is -2.12. The largest absolute Gasteiger partial charge is 0.287 e. The molecular weight excluding hydrogens is 133 g/mol. The van der Waals surface area contributed by atoms with Gasteiger partial charge in [0.05, 0.1) is 0 Å². The zero-order chi connectivity index (χ0) is 5.91. The van der Waals surface area contributed by atoms with Gasteiger partial charge in [0.1, 0.15) is 0 Å². The first kappa shape index (κ1) is 7.54. The predicted molar refractivity (Wildman–Crippen MR) is 33.8 cm³/mol. The molecule has 0 aromatic heterocycles. The second kappa shape index (κ2) is 2.75. The summed E-state index contributed by atoms with van der Waals surface area (Å²) in [5, 5.41) is 2.82. The third kappa shape index (κ3) is 6.54. The molecule has 0 spiro atoms. The molecule has 0 amide bonds. The molecule has 7 heavy (non-hydrogen) atoms. The Morgan fingerprint density at radius 3 is 2.00 bits per heavy atom. The normalized spacial score (nSPS) is 12.0. The lowest BCUT2D eigenvalue weighted by atomic mass is 10.6. The van der Waals surface area contributed by atoms with Crippen molar-refractivity contribution in [3.8, 4) is 0 Å². The van der Waals surface area contributed by atoms with Crippen LogP contribution in [0.1, 0.15) is 13.8 Å². The molecule has 0 fully saturated rings. The summed E-state index contributed by atoms with van der Waals surface area (Å²) in [6, 6.07) is 0. The third-order valence-electron chi connectivity index (χ3n) is 0.487. The molecule has 0 aliphatic heterocycles. The molecule has 0 saturated carbocycles. The van der Waals surface area contributed by atoms with Crippen LogP contribution in [0.2, 0.25) is 0 Å². The van der Waals surface area contributed by atoms with Gasteiger partial charge in [-0.2, -0.15) is 0 Å². The van der Waals surface area contributed by atoms with Crippen molar-refractivity contribution in [2.24, 2.45) is 0 Å². The van der Waals surface area contributed by atoms with E-state index in [4.69, 9.17) is 23.2 Å². The van der Waals surface area contributed by atoms with Crippen LogP contribution in [0, 0.1) is 0 Å². The zero-order valence-electron chi connectivity index (χ0n) is 4.46. The van der Waals surface area contributed by atoms with Gasteiger partial charge in [0, 0.05) is 0 Å². The molecule has 0 saturated heterocycles. The van der Waals surface area contributed by atoms with E-state index < -0.39 is 4.46 Å². The molecule has 0 atom stereocenters. The molecule has 44 valence electrons. The van der Waals surface area contributed by atoms with Crippen LogP contribution in [0.25, 0.3) is 0 Å². The molecule has 0 bridgehead atoms. The Morgan fingerprint density at radius 1 is 1.57 bits per heavy atom. The fourth-order valence-electron chi connectivity index (χ4n) is 0.310. The number of alkyl halides is 2. The van der Waals surface area contributed by atoms with Crippen molar-refractivity contribution in [3.63, 3.8) is 0 Å². The zero-order valence-corrected chi connectivity index (χ0v) is 5.97.